The van der Waals surface area contributed by atoms with Crippen molar-refractivity contribution in [2.24, 2.45) is 5.73 Å². The Balaban J connectivity index is 1.83. The molecule has 4 heteroatoms. The van der Waals surface area contributed by atoms with Crippen LogP contribution in [0.3, 0.4) is 0 Å². The van der Waals surface area contributed by atoms with E-state index in [1.165, 1.54) is 5.56 Å². The van der Waals surface area contributed by atoms with Crippen LogP contribution in [0.25, 0.3) is 0 Å². The van der Waals surface area contributed by atoms with E-state index in [4.69, 9.17) is 10.5 Å². The fraction of sp³-hybridized carbons (Fsp3) is 0.625. The highest BCUT2D eigenvalue weighted by Gasteiger charge is 2.29. The Hall–Kier alpha value is -0.940. The molecular formula is C16H26N2O2. The van der Waals surface area contributed by atoms with Crippen molar-refractivity contribution in [2.75, 3.05) is 20.2 Å². The summed E-state index contributed by atoms with van der Waals surface area (Å²) in [7, 11) is 2.04. The standard InChI is InChI=1S/C16H26N2O2/c1-12-15(8-9-20-12)18(2)11-16(19)14(17)10-13-6-4-3-5-7-13/h3-7,12,14-16,19H,8-11,17H2,1-2H3. The molecular weight excluding hydrogens is 252 g/mol. The molecule has 1 fully saturated rings. The number of aliphatic hydroxyl groups is 1. The quantitative estimate of drug-likeness (QED) is 0.816. The molecule has 0 radical (unpaired) electrons. The van der Waals surface area contributed by atoms with Crippen LogP contribution in [0, 0.1) is 0 Å². The van der Waals surface area contributed by atoms with Crippen LogP contribution in [0.5, 0.6) is 0 Å². The van der Waals surface area contributed by atoms with Crippen molar-refractivity contribution >= 4 is 0 Å². The first-order valence-corrected chi connectivity index (χ1v) is 7.37. The molecule has 1 aliphatic rings. The zero-order valence-electron chi connectivity index (χ0n) is 12.4. The van der Waals surface area contributed by atoms with E-state index in [1.807, 2.05) is 37.4 Å². The van der Waals surface area contributed by atoms with Gasteiger partial charge in [-0.05, 0) is 32.4 Å². The molecule has 0 amide bonds. The van der Waals surface area contributed by atoms with Gasteiger partial charge in [0.05, 0.1) is 12.2 Å². The molecule has 3 N–H and O–H groups in total. The number of hydrogen-bond donors (Lipinski definition) is 2. The van der Waals surface area contributed by atoms with Crippen LogP contribution in [0.4, 0.5) is 0 Å². The molecule has 0 saturated carbocycles. The molecule has 0 aliphatic carbocycles. The van der Waals surface area contributed by atoms with E-state index in [2.05, 4.69) is 11.8 Å². The summed E-state index contributed by atoms with van der Waals surface area (Å²) in [6.07, 6.45) is 1.44. The molecule has 4 unspecified atom stereocenters. The molecule has 4 atom stereocenters. The van der Waals surface area contributed by atoms with Crippen LogP contribution in [0.15, 0.2) is 30.3 Å². The topological polar surface area (TPSA) is 58.7 Å². The second-order valence-corrected chi connectivity index (χ2v) is 5.79. The first-order chi connectivity index (χ1) is 9.58. The summed E-state index contributed by atoms with van der Waals surface area (Å²) < 4.78 is 5.57. The van der Waals surface area contributed by atoms with Gasteiger partial charge in [-0.2, -0.15) is 0 Å². The van der Waals surface area contributed by atoms with Crippen LogP contribution in [-0.2, 0) is 11.2 Å². The number of benzene rings is 1. The molecule has 0 aromatic heterocycles. The summed E-state index contributed by atoms with van der Waals surface area (Å²) in [5.74, 6) is 0. The summed E-state index contributed by atoms with van der Waals surface area (Å²) in [5, 5.41) is 10.3. The molecule has 1 aromatic carbocycles. The maximum atomic E-state index is 10.3. The number of ether oxygens (including phenoxy) is 1. The Labute approximate surface area is 121 Å². The van der Waals surface area contributed by atoms with Crippen LogP contribution in [-0.4, -0.2) is 54.5 Å². The Morgan fingerprint density at radius 1 is 1.40 bits per heavy atom. The fourth-order valence-electron chi connectivity index (χ4n) is 2.89. The van der Waals surface area contributed by atoms with E-state index in [1.54, 1.807) is 0 Å². The fourth-order valence-corrected chi connectivity index (χ4v) is 2.89. The van der Waals surface area contributed by atoms with Crippen LogP contribution in [0.2, 0.25) is 0 Å². The number of nitrogens with zero attached hydrogens (tertiary/aromatic N) is 1. The zero-order chi connectivity index (χ0) is 14.5. The predicted octanol–water partition coefficient (Wildman–Crippen LogP) is 1.03. The summed E-state index contributed by atoms with van der Waals surface area (Å²) in [5.41, 5.74) is 7.29. The van der Waals surface area contributed by atoms with Crippen molar-refractivity contribution < 1.29 is 9.84 Å². The van der Waals surface area contributed by atoms with Gasteiger partial charge in [0.25, 0.3) is 0 Å². The van der Waals surface area contributed by atoms with Gasteiger partial charge >= 0.3 is 0 Å². The van der Waals surface area contributed by atoms with Crippen molar-refractivity contribution in [1.29, 1.82) is 0 Å². The van der Waals surface area contributed by atoms with E-state index in [9.17, 15) is 5.11 Å². The molecule has 1 heterocycles. The van der Waals surface area contributed by atoms with Gasteiger partial charge in [-0.15, -0.1) is 0 Å². The number of aliphatic hydroxyl groups excluding tert-OH is 1. The van der Waals surface area contributed by atoms with E-state index < -0.39 is 6.10 Å². The second-order valence-electron chi connectivity index (χ2n) is 5.79. The molecule has 0 spiro atoms. The maximum Gasteiger partial charge on any atom is 0.0820 e. The number of rotatable bonds is 6. The number of hydrogen-bond acceptors (Lipinski definition) is 4. The van der Waals surface area contributed by atoms with Gasteiger partial charge in [-0.3, -0.25) is 4.90 Å². The van der Waals surface area contributed by atoms with Crippen molar-refractivity contribution in [1.82, 2.24) is 4.90 Å². The van der Waals surface area contributed by atoms with Gasteiger partial charge in [-0.25, -0.2) is 0 Å². The molecule has 1 saturated heterocycles. The highest BCUT2D eigenvalue weighted by molar-refractivity contribution is 5.16. The van der Waals surface area contributed by atoms with Gasteiger partial charge in [-0.1, -0.05) is 30.3 Å². The molecule has 112 valence electrons. The Morgan fingerprint density at radius 3 is 2.70 bits per heavy atom. The minimum atomic E-state index is -0.520. The predicted molar refractivity (Wildman–Crippen MR) is 80.6 cm³/mol. The lowest BCUT2D eigenvalue weighted by Gasteiger charge is -2.30. The maximum absolute atomic E-state index is 10.3. The summed E-state index contributed by atoms with van der Waals surface area (Å²) >= 11 is 0. The van der Waals surface area contributed by atoms with Crippen LogP contribution in [0.1, 0.15) is 18.9 Å². The minimum absolute atomic E-state index is 0.234. The van der Waals surface area contributed by atoms with Crippen LogP contribution >= 0.6 is 0 Å². The van der Waals surface area contributed by atoms with E-state index in [-0.39, 0.29) is 12.1 Å². The van der Waals surface area contributed by atoms with E-state index >= 15 is 0 Å². The average molecular weight is 278 g/mol. The lowest BCUT2D eigenvalue weighted by atomic mass is 10.0. The third kappa shape index (κ3) is 4.03. The zero-order valence-corrected chi connectivity index (χ0v) is 12.4. The normalized spacial score (nSPS) is 25.9. The Morgan fingerprint density at radius 2 is 2.10 bits per heavy atom. The first kappa shape index (κ1) is 15.4. The Kier molecular flexibility index (Phi) is 5.54. The average Bonchev–Trinajstić information content (AvgIpc) is 2.86. The van der Waals surface area contributed by atoms with Gasteiger partial charge < -0.3 is 15.6 Å². The Bertz CT molecular complexity index is 399. The van der Waals surface area contributed by atoms with Crippen molar-refractivity contribution in [3.63, 3.8) is 0 Å². The molecule has 1 aromatic rings. The third-order valence-corrected chi connectivity index (χ3v) is 4.19. The van der Waals surface area contributed by atoms with Crippen LogP contribution < -0.4 is 5.73 Å². The lowest BCUT2D eigenvalue weighted by molar-refractivity contribution is 0.0499. The second kappa shape index (κ2) is 7.18. The summed E-state index contributed by atoms with van der Waals surface area (Å²) in [6, 6.07) is 10.2. The minimum Gasteiger partial charge on any atom is -0.390 e. The molecule has 2 rings (SSSR count). The smallest absolute Gasteiger partial charge is 0.0820 e. The lowest BCUT2D eigenvalue weighted by Crippen LogP contribution is -2.47. The largest absolute Gasteiger partial charge is 0.390 e. The van der Waals surface area contributed by atoms with Crippen molar-refractivity contribution in [3.05, 3.63) is 35.9 Å². The third-order valence-electron chi connectivity index (χ3n) is 4.19. The highest BCUT2D eigenvalue weighted by Crippen LogP contribution is 2.18. The molecule has 0 bridgehead atoms. The van der Waals surface area contributed by atoms with Crippen molar-refractivity contribution in [2.45, 2.75) is 44.1 Å². The highest BCUT2D eigenvalue weighted by atomic mass is 16.5. The van der Waals surface area contributed by atoms with Gasteiger partial charge in [0.1, 0.15) is 0 Å². The first-order valence-electron chi connectivity index (χ1n) is 7.37. The van der Waals surface area contributed by atoms with Gasteiger partial charge in [0, 0.05) is 25.2 Å². The molecule has 1 aliphatic heterocycles. The van der Waals surface area contributed by atoms with Crippen molar-refractivity contribution in [3.8, 4) is 0 Å². The van der Waals surface area contributed by atoms with E-state index in [0.717, 1.165) is 13.0 Å². The summed E-state index contributed by atoms with van der Waals surface area (Å²) in [4.78, 5) is 2.17. The monoisotopic (exact) mass is 278 g/mol. The summed E-state index contributed by atoms with van der Waals surface area (Å²) in [6.45, 7) is 3.49. The SMILES string of the molecule is CC1OCCC1N(C)CC(O)C(N)Cc1ccccc1. The van der Waals surface area contributed by atoms with Gasteiger partial charge in [0.2, 0.25) is 0 Å². The number of likely N-dealkylation sites (N-methyl/N-ethyl adjacent to an activating group) is 1. The van der Waals surface area contributed by atoms with Gasteiger partial charge in [0.15, 0.2) is 0 Å². The number of nitrogens with two attached hydrogens (primary N) is 1. The molecule has 20 heavy (non-hydrogen) atoms. The molecule has 4 nitrogen and oxygen atoms in total. The van der Waals surface area contributed by atoms with E-state index in [0.29, 0.717) is 19.0 Å².